The smallest absolute Gasteiger partial charge is 0.128 e. The van der Waals surface area contributed by atoms with Crippen molar-refractivity contribution < 1.29 is 4.74 Å². The summed E-state index contributed by atoms with van der Waals surface area (Å²) in [6.45, 7) is 5.18. The molecule has 0 saturated heterocycles. The lowest BCUT2D eigenvalue weighted by molar-refractivity contribution is 0.251. The van der Waals surface area contributed by atoms with Crippen LogP contribution in [-0.4, -0.2) is 16.6 Å². The Bertz CT molecular complexity index is 658. The summed E-state index contributed by atoms with van der Waals surface area (Å²) in [6.07, 6.45) is 15.6. The lowest BCUT2D eigenvalue weighted by Crippen LogP contribution is -2.15. The first-order valence-corrected chi connectivity index (χ1v) is 10.8. The minimum Gasteiger partial charge on any atom is -0.494 e. The lowest BCUT2D eigenvalue weighted by Gasteiger charge is -2.28. The summed E-state index contributed by atoms with van der Waals surface area (Å²) in [5.74, 6) is 3.77. The number of hydrogen-bond donors (Lipinski definition) is 0. The number of nitrogens with zero attached hydrogens (tertiary/aromatic N) is 2. The van der Waals surface area contributed by atoms with Crippen molar-refractivity contribution in [2.45, 2.75) is 71.6 Å². The van der Waals surface area contributed by atoms with Crippen molar-refractivity contribution in [3.8, 4) is 16.9 Å². The molecule has 1 aromatic heterocycles. The van der Waals surface area contributed by atoms with Gasteiger partial charge >= 0.3 is 0 Å². The monoisotopic (exact) mass is 366 g/mol. The molecule has 3 heteroatoms. The van der Waals surface area contributed by atoms with E-state index in [9.17, 15) is 0 Å². The summed E-state index contributed by atoms with van der Waals surface area (Å²) in [4.78, 5) is 9.23. The maximum atomic E-state index is 5.64. The highest BCUT2D eigenvalue weighted by atomic mass is 16.5. The van der Waals surface area contributed by atoms with Gasteiger partial charge in [0.15, 0.2) is 0 Å². The number of hydrogen-bond acceptors (Lipinski definition) is 3. The van der Waals surface area contributed by atoms with Crippen LogP contribution in [0.2, 0.25) is 0 Å². The topological polar surface area (TPSA) is 35.0 Å². The molecule has 3 nitrogen and oxygen atoms in total. The van der Waals surface area contributed by atoms with Crippen LogP contribution >= 0.6 is 0 Å². The Balaban J connectivity index is 1.47. The molecule has 1 saturated carbocycles. The predicted molar refractivity (Wildman–Crippen MR) is 112 cm³/mol. The van der Waals surface area contributed by atoms with Gasteiger partial charge in [-0.05, 0) is 42.4 Å². The van der Waals surface area contributed by atoms with E-state index in [-0.39, 0.29) is 0 Å². The molecule has 1 aromatic carbocycles. The molecule has 3 rings (SSSR count). The van der Waals surface area contributed by atoms with Crippen molar-refractivity contribution in [3.05, 3.63) is 42.5 Å². The number of rotatable bonds is 9. The fraction of sp³-hybridized carbons (Fsp3) is 0.583. The molecule has 0 radical (unpaired) electrons. The molecule has 1 fully saturated rings. The fourth-order valence-corrected chi connectivity index (χ4v) is 4.15. The second-order valence-corrected chi connectivity index (χ2v) is 7.97. The average molecular weight is 367 g/mol. The van der Waals surface area contributed by atoms with E-state index in [0.717, 1.165) is 54.0 Å². The molecular formula is C24H34N2O. The van der Waals surface area contributed by atoms with Crippen molar-refractivity contribution in [3.63, 3.8) is 0 Å². The van der Waals surface area contributed by atoms with Crippen LogP contribution in [0.5, 0.6) is 5.75 Å². The van der Waals surface area contributed by atoms with Gasteiger partial charge in [0.25, 0.3) is 0 Å². The highest BCUT2D eigenvalue weighted by molar-refractivity contribution is 5.62. The van der Waals surface area contributed by atoms with Gasteiger partial charge in [0.2, 0.25) is 0 Å². The molecule has 1 aliphatic carbocycles. The standard InChI is InChI=1S/C24H34N2O/c1-3-5-19-6-8-20(9-7-19)10-15-24-25-17-22(18-26-24)21-11-13-23(14-12-21)27-16-4-2/h11-14,17-20H,3-10,15-16H2,1-2H3. The number of aryl methyl sites for hydroxylation is 1. The molecule has 146 valence electrons. The van der Waals surface area contributed by atoms with Crippen LogP contribution in [0.4, 0.5) is 0 Å². The summed E-state index contributed by atoms with van der Waals surface area (Å²) in [5.41, 5.74) is 2.21. The summed E-state index contributed by atoms with van der Waals surface area (Å²) in [7, 11) is 0. The first-order chi connectivity index (χ1) is 13.3. The van der Waals surface area contributed by atoms with Gasteiger partial charge in [0.05, 0.1) is 6.61 Å². The second-order valence-electron chi connectivity index (χ2n) is 7.97. The Kier molecular flexibility index (Phi) is 7.67. The normalized spacial score (nSPS) is 19.8. The largest absolute Gasteiger partial charge is 0.494 e. The molecule has 0 atom stereocenters. The highest BCUT2D eigenvalue weighted by Gasteiger charge is 2.20. The molecule has 0 aliphatic heterocycles. The van der Waals surface area contributed by atoms with E-state index in [0.29, 0.717) is 0 Å². The fourth-order valence-electron chi connectivity index (χ4n) is 4.15. The van der Waals surface area contributed by atoms with Crippen LogP contribution in [-0.2, 0) is 6.42 Å². The van der Waals surface area contributed by atoms with Crippen molar-refractivity contribution in [2.75, 3.05) is 6.61 Å². The Labute approximate surface area is 164 Å². The third kappa shape index (κ3) is 6.05. The quantitative estimate of drug-likeness (QED) is 0.510. The van der Waals surface area contributed by atoms with Gasteiger partial charge in [0.1, 0.15) is 11.6 Å². The van der Waals surface area contributed by atoms with Crippen LogP contribution in [0.1, 0.15) is 71.0 Å². The van der Waals surface area contributed by atoms with Crippen LogP contribution in [0.15, 0.2) is 36.7 Å². The molecule has 1 aliphatic rings. The van der Waals surface area contributed by atoms with Crippen molar-refractivity contribution in [1.29, 1.82) is 0 Å². The van der Waals surface area contributed by atoms with Gasteiger partial charge < -0.3 is 4.74 Å². The van der Waals surface area contributed by atoms with E-state index < -0.39 is 0 Å². The summed E-state index contributed by atoms with van der Waals surface area (Å²) < 4.78 is 5.64. The van der Waals surface area contributed by atoms with Gasteiger partial charge in [-0.25, -0.2) is 9.97 Å². The zero-order valence-electron chi connectivity index (χ0n) is 17.0. The van der Waals surface area contributed by atoms with E-state index in [1.807, 2.05) is 24.5 Å². The molecule has 0 bridgehead atoms. The van der Waals surface area contributed by atoms with Crippen LogP contribution in [0, 0.1) is 11.8 Å². The third-order valence-electron chi connectivity index (χ3n) is 5.81. The Hall–Kier alpha value is -1.90. The van der Waals surface area contributed by atoms with E-state index >= 15 is 0 Å². The number of ether oxygens (including phenoxy) is 1. The van der Waals surface area contributed by atoms with Gasteiger partial charge in [-0.15, -0.1) is 0 Å². The van der Waals surface area contributed by atoms with E-state index in [2.05, 4.69) is 35.9 Å². The van der Waals surface area contributed by atoms with Crippen LogP contribution in [0.25, 0.3) is 11.1 Å². The van der Waals surface area contributed by atoms with Crippen molar-refractivity contribution in [1.82, 2.24) is 9.97 Å². The molecule has 0 N–H and O–H groups in total. The molecule has 0 unspecified atom stereocenters. The minimum absolute atomic E-state index is 0.761. The Morgan fingerprint density at radius 3 is 2.04 bits per heavy atom. The van der Waals surface area contributed by atoms with Gasteiger partial charge in [-0.2, -0.15) is 0 Å². The molecule has 2 aromatic rings. The van der Waals surface area contributed by atoms with Crippen LogP contribution < -0.4 is 4.74 Å². The van der Waals surface area contributed by atoms with Crippen molar-refractivity contribution in [2.24, 2.45) is 11.8 Å². The third-order valence-corrected chi connectivity index (χ3v) is 5.81. The SMILES string of the molecule is CCCOc1ccc(-c2cnc(CCC3CCC(CCC)CC3)nc2)cc1. The highest BCUT2D eigenvalue weighted by Crippen LogP contribution is 2.33. The van der Waals surface area contributed by atoms with Gasteiger partial charge in [-0.3, -0.25) is 0 Å². The number of benzene rings is 1. The summed E-state index contributed by atoms with van der Waals surface area (Å²) in [5, 5.41) is 0. The van der Waals surface area contributed by atoms with E-state index in [1.165, 1.54) is 44.9 Å². The van der Waals surface area contributed by atoms with E-state index in [4.69, 9.17) is 4.74 Å². The molecule has 0 spiro atoms. The van der Waals surface area contributed by atoms with Crippen LogP contribution in [0.3, 0.4) is 0 Å². The zero-order valence-corrected chi connectivity index (χ0v) is 17.0. The summed E-state index contributed by atoms with van der Waals surface area (Å²) in [6, 6.07) is 8.21. The van der Waals surface area contributed by atoms with Gasteiger partial charge in [-0.1, -0.05) is 64.5 Å². The first kappa shape index (κ1) is 19.9. The average Bonchev–Trinajstić information content (AvgIpc) is 2.73. The Morgan fingerprint density at radius 2 is 1.44 bits per heavy atom. The summed E-state index contributed by atoms with van der Waals surface area (Å²) >= 11 is 0. The zero-order chi connectivity index (χ0) is 18.9. The predicted octanol–water partition coefficient (Wildman–Crippen LogP) is 6.47. The molecule has 0 amide bonds. The minimum atomic E-state index is 0.761. The van der Waals surface area contributed by atoms with Crippen molar-refractivity contribution >= 4 is 0 Å². The Morgan fingerprint density at radius 1 is 0.815 bits per heavy atom. The molecular weight excluding hydrogens is 332 g/mol. The molecule has 27 heavy (non-hydrogen) atoms. The first-order valence-electron chi connectivity index (χ1n) is 10.8. The second kappa shape index (κ2) is 10.4. The van der Waals surface area contributed by atoms with Gasteiger partial charge in [0, 0.05) is 24.4 Å². The maximum Gasteiger partial charge on any atom is 0.128 e. The molecule has 1 heterocycles. The van der Waals surface area contributed by atoms with E-state index in [1.54, 1.807) is 0 Å². The lowest BCUT2D eigenvalue weighted by atomic mass is 9.78. The maximum absolute atomic E-state index is 5.64. The number of aromatic nitrogens is 2.